The van der Waals surface area contributed by atoms with Crippen molar-refractivity contribution in [1.29, 1.82) is 5.41 Å². The second kappa shape index (κ2) is 8.12. The Morgan fingerprint density at radius 1 is 1.46 bits per heavy atom. The van der Waals surface area contributed by atoms with Crippen LogP contribution < -0.4 is 16.0 Å². The summed E-state index contributed by atoms with van der Waals surface area (Å²) in [5, 5.41) is 15.6. The van der Waals surface area contributed by atoms with Crippen LogP contribution in [-0.2, 0) is 14.4 Å². The summed E-state index contributed by atoms with van der Waals surface area (Å²) in [5.74, 6) is -0.106. The largest absolute Gasteiger partial charge is 0.374 e. The highest BCUT2D eigenvalue weighted by Crippen LogP contribution is 2.19. The lowest BCUT2D eigenvalue weighted by atomic mass is 10.0. The molecule has 0 aliphatic carbocycles. The van der Waals surface area contributed by atoms with Gasteiger partial charge in [0.05, 0.1) is 12.3 Å². The predicted molar refractivity (Wildman–Crippen MR) is 89.5 cm³/mol. The summed E-state index contributed by atoms with van der Waals surface area (Å²) < 4.78 is 0. The quantitative estimate of drug-likeness (QED) is 0.222. The Hall–Kier alpha value is -2.12. The second-order valence-electron chi connectivity index (χ2n) is 6.60. The number of carbonyl (C=O) groups excluding carboxylic acids is 3. The van der Waals surface area contributed by atoms with Gasteiger partial charge in [-0.1, -0.05) is 0 Å². The molecule has 24 heavy (non-hydrogen) atoms. The van der Waals surface area contributed by atoms with Crippen molar-refractivity contribution in [3.05, 3.63) is 0 Å². The number of amides is 3. The number of nitrogens with zero attached hydrogens (tertiary/aromatic N) is 1. The lowest BCUT2D eigenvalue weighted by Crippen LogP contribution is -2.60. The van der Waals surface area contributed by atoms with Crippen LogP contribution >= 0.6 is 0 Å². The van der Waals surface area contributed by atoms with Crippen LogP contribution in [0.3, 0.4) is 0 Å². The number of likely N-dealkylation sites (tertiary alicyclic amines) is 1. The Bertz CT molecular complexity index is 514. The van der Waals surface area contributed by atoms with E-state index in [0.717, 1.165) is 19.4 Å². The molecule has 2 aliphatic heterocycles. The molecular formula is C16H27N5O3. The average molecular weight is 337 g/mol. The number of carbonyl (C=O) groups is 3. The SMILES string of the molecule is CC(=N)NCCC[C@H](NC(=O)[C@@H]1CC(=O)N1)C(=O)N1CCC[C@H]1C. The van der Waals surface area contributed by atoms with Crippen LogP contribution in [0.1, 0.15) is 46.0 Å². The van der Waals surface area contributed by atoms with E-state index in [0.29, 0.717) is 25.2 Å². The summed E-state index contributed by atoms with van der Waals surface area (Å²) in [4.78, 5) is 37.7. The minimum absolute atomic E-state index is 0.0504. The Labute approximate surface area is 142 Å². The highest BCUT2D eigenvalue weighted by molar-refractivity contribution is 5.99. The first-order valence-corrected chi connectivity index (χ1v) is 8.57. The first-order chi connectivity index (χ1) is 11.4. The van der Waals surface area contributed by atoms with Crippen LogP contribution in [0.4, 0.5) is 0 Å². The Balaban J connectivity index is 1.91. The van der Waals surface area contributed by atoms with Crippen LogP contribution in [0, 0.1) is 5.41 Å². The van der Waals surface area contributed by atoms with Gasteiger partial charge in [0.25, 0.3) is 0 Å². The van der Waals surface area contributed by atoms with Gasteiger partial charge in [0, 0.05) is 19.1 Å². The van der Waals surface area contributed by atoms with Crippen molar-refractivity contribution >= 4 is 23.6 Å². The maximum atomic E-state index is 12.8. The topological polar surface area (TPSA) is 114 Å². The van der Waals surface area contributed by atoms with Gasteiger partial charge >= 0.3 is 0 Å². The van der Waals surface area contributed by atoms with Crippen molar-refractivity contribution in [2.24, 2.45) is 0 Å². The van der Waals surface area contributed by atoms with Crippen LogP contribution in [0.15, 0.2) is 0 Å². The number of hydrogen-bond acceptors (Lipinski definition) is 4. The zero-order chi connectivity index (χ0) is 17.7. The third kappa shape index (κ3) is 4.69. The Morgan fingerprint density at radius 3 is 2.71 bits per heavy atom. The van der Waals surface area contributed by atoms with E-state index in [4.69, 9.17) is 5.41 Å². The van der Waals surface area contributed by atoms with Gasteiger partial charge in [-0.25, -0.2) is 0 Å². The monoisotopic (exact) mass is 337 g/mol. The van der Waals surface area contributed by atoms with E-state index >= 15 is 0 Å². The lowest BCUT2D eigenvalue weighted by molar-refractivity contribution is -0.141. The molecule has 0 unspecified atom stereocenters. The molecule has 2 aliphatic rings. The van der Waals surface area contributed by atoms with Crippen molar-refractivity contribution < 1.29 is 14.4 Å². The van der Waals surface area contributed by atoms with Crippen molar-refractivity contribution in [1.82, 2.24) is 20.9 Å². The fourth-order valence-electron chi connectivity index (χ4n) is 3.09. The summed E-state index contributed by atoms with van der Waals surface area (Å²) in [6, 6.07) is -0.906. The molecule has 0 radical (unpaired) electrons. The van der Waals surface area contributed by atoms with Crippen LogP contribution in [0.2, 0.25) is 0 Å². The predicted octanol–water partition coefficient (Wildman–Crippen LogP) is -0.262. The smallest absolute Gasteiger partial charge is 0.245 e. The van der Waals surface area contributed by atoms with Crippen LogP contribution in [0.25, 0.3) is 0 Å². The van der Waals surface area contributed by atoms with E-state index in [1.807, 2.05) is 11.8 Å². The second-order valence-corrected chi connectivity index (χ2v) is 6.60. The summed E-state index contributed by atoms with van der Waals surface area (Å²) in [7, 11) is 0. The molecule has 0 aromatic carbocycles. The van der Waals surface area contributed by atoms with Gasteiger partial charge in [-0.05, 0) is 39.5 Å². The molecule has 0 spiro atoms. The summed E-state index contributed by atoms with van der Waals surface area (Å²) in [5.41, 5.74) is 0. The van der Waals surface area contributed by atoms with Gasteiger partial charge in [-0.2, -0.15) is 0 Å². The van der Waals surface area contributed by atoms with Gasteiger partial charge in [-0.15, -0.1) is 0 Å². The van der Waals surface area contributed by atoms with Crippen molar-refractivity contribution in [3.8, 4) is 0 Å². The summed E-state index contributed by atoms with van der Waals surface area (Å²) in [6.45, 7) is 5.00. The van der Waals surface area contributed by atoms with Gasteiger partial charge in [0.15, 0.2) is 0 Å². The molecule has 2 fully saturated rings. The highest BCUT2D eigenvalue weighted by Gasteiger charge is 2.36. The number of amidine groups is 1. The molecule has 8 heteroatoms. The zero-order valence-electron chi connectivity index (χ0n) is 14.4. The molecule has 3 amide bonds. The normalized spacial score (nSPS) is 23.9. The fourth-order valence-corrected chi connectivity index (χ4v) is 3.09. The van der Waals surface area contributed by atoms with Gasteiger partial charge in [0.1, 0.15) is 12.1 Å². The van der Waals surface area contributed by atoms with Gasteiger partial charge < -0.3 is 20.9 Å². The molecule has 0 aromatic rings. The minimum Gasteiger partial charge on any atom is -0.374 e. The van der Waals surface area contributed by atoms with E-state index < -0.39 is 12.1 Å². The molecule has 2 heterocycles. The van der Waals surface area contributed by atoms with Crippen LogP contribution in [0.5, 0.6) is 0 Å². The number of nitrogens with one attached hydrogen (secondary N) is 4. The summed E-state index contributed by atoms with van der Waals surface area (Å²) in [6.07, 6.45) is 3.34. The molecule has 4 N–H and O–H groups in total. The van der Waals surface area contributed by atoms with E-state index in [2.05, 4.69) is 16.0 Å². The standard InChI is InChI=1S/C16H27N5O3/c1-10-5-4-8-21(10)16(24)12(6-3-7-18-11(2)17)20-15(23)13-9-14(22)19-13/h10,12-13H,3-9H2,1-2H3,(H2,17,18)(H,19,22)(H,20,23)/t10-,12+,13+/m1/s1. The zero-order valence-corrected chi connectivity index (χ0v) is 14.4. The molecule has 134 valence electrons. The van der Waals surface area contributed by atoms with Gasteiger partial charge in [0.2, 0.25) is 17.7 Å². The first kappa shape index (κ1) is 18.2. The van der Waals surface area contributed by atoms with Gasteiger partial charge in [-0.3, -0.25) is 19.8 Å². The van der Waals surface area contributed by atoms with E-state index in [1.54, 1.807) is 6.92 Å². The molecule has 2 saturated heterocycles. The number of hydrogen-bond donors (Lipinski definition) is 4. The Morgan fingerprint density at radius 2 is 2.17 bits per heavy atom. The summed E-state index contributed by atoms with van der Waals surface area (Å²) >= 11 is 0. The molecule has 2 rings (SSSR count). The molecular weight excluding hydrogens is 310 g/mol. The fraction of sp³-hybridized carbons (Fsp3) is 0.750. The third-order valence-corrected chi connectivity index (χ3v) is 4.55. The third-order valence-electron chi connectivity index (χ3n) is 4.55. The molecule has 0 aromatic heterocycles. The van der Waals surface area contributed by atoms with E-state index in [-0.39, 0.29) is 30.2 Å². The molecule has 0 bridgehead atoms. The lowest BCUT2D eigenvalue weighted by Gasteiger charge is -2.31. The molecule has 8 nitrogen and oxygen atoms in total. The van der Waals surface area contributed by atoms with Crippen molar-refractivity contribution in [3.63, 3.8) is 0 Å². The molecule has 3 atom stereocenters. The number of β-lactam (4-membered cyclic amide) rings is 1. The van der Waals surface area contributed by atoms with E-state index in [1.165, 1.54) is 0 Å². The highest BCUT2D eigenvalue weighted by atomic mass is 16.2. The maximum Gasteiger partial charge on any atom is 0.245 e. The minimum atomic E-state index is -0.580. The average Bonchev–Trinajstić information content (AvgIpc) is 2.92. The van der Waals surface area contributed by atoms with Crippen molar-refractivity contribution in [2.75, 3.05) is 13.1 Å². The molecule has 0 saturated carbocycles. The maximum absolute atomic E-state index is 12.8. The van der Waals surface area contributed by atoms with E-state index in [9.17, 15) is 14.4 Å². The first-order valence-electron chi connectivity index (χ1n) is 8.57. The number of rotatable bonds is 7. The van der Waals surface area contributed by atoms with Crippen molar-refractivity contribution in [2.45, 2.75) is 64.1 Å². The van der Waals surface area contributed by atoms with Crippen LogP contribution in [-0.4, -0.2) is 59.7 Å². The Kier molecular flexibility index (Phi) is 6.16.